The summed E-state index contributed by atoms with van der Waals surface area (Å²) in [5, 5.41) is 0. The average Bonchev–Trinajstić information content (AvgIpc) is 2.00. The fourth-order valence-electron chi connectivity index (χ4n) is 0.832. The van der Waals surface area contributed by atoms with E-state index >= 15 is 0 Å². The van der Waals surface area contributed by atoms with Crippen LogP contribution in [0.1, 0.15) is 20.3 Å². The zero-order valence-electron chi connectivity index (χ0n) is 8.31. The highest BCUT2D eigenvalue weighted by molar-refractivity contribution is 6.77. The molecule has 0 aromatic carbocycles. The van der Waals surface area contributed by atoms with E-state index in [1.165, 1.54) is 13.2 Å². The molecule has 0 aliphatic heterocycles. The van der Waals surface area contributed by atoms with Gasteiger partial charge in [-0.3, -0.25) is 4.79 Å². The number of rotatable bonds is 4. The minimum Gasteiger partial charge on any atom is -0.501 e. The maximum atomic E-state index is 11.3. The number of hydrogen-bond donors (Lipinski definition) is 0. The smallest absolute Gasteiger partial charge is 0.252 e. The molecule has 0 heterocycles. The van der Waals surface area contributed by atoms with Crippen molar-refractivity contribution in [3.8, 4) is 0 Å². The van der Waals surface area contributed by atoms with E-state index < -0.39 is 9.58 Å². The summed E-state index contributed by atoms with van der Waals surface area (Å²) in [5.74, 6) is 0.320. The summed E-state index contributed by atoms with van der Waals surface area (Å²) in [4.78, 5) is 11.3. The molecule has 0 aliphatic rings. The third-order valence-electron chi connectivity index (χ3n) is 1.44. The molecule has 0 N–H and O–H groups in total. The van der Waals surface area contributed by atoms with Crippen molar-refractivity contribution in [3.05, 3.63) is 11.8 Å². The average molecular weight is 260 g/mol. The second kappa shape index (κ2) is 5.84. The Hall–Kier alpha value is 0.0800. The van der Waals surface area contributed by atoms with Crippen LogP contribution in [-0.2, 0) is 9.53 Å². The number of ether oxygens (including phenoxy) is 1. The van der Waals surface area contributed by atoms with E-state index in [9.17, 15) is 4.79 Å². The van der Waals surface area contributed by atoms with Gasteiger partial charge in [0.1, 0.15) is 0 Å². The summed E-state index contributed by atoms with van der Waals surface area (Å²) in [6, 6.07) is 0. The Kier molecular flexibility index (Phi) is 5.87. The highest BCUT2D eigenvalue weighted by Crippen LogP contribution is 2.28. The SMILES string of the molecule is CO/C(=C\C(=O)C(Cl)(Cl)Cl)CC(C)C. The van der Waals surface area contributed by atoms with Crippen LogP contribution < -0.4 is 0 Å². The van der Waals surface area contributed by atoms with Crippen LogP contribution in [0.3, 0.4) is 0 Å². The van der Waals surface area contributed by atoms with Gasteiger partial charge in [-0.05, 0) is 5.92 Å². The molecule has 2 nitrogen and oxygen atoms in total. The lowest BCUT2D eigenvalue weighted by molar-refractivity contribution is -0.114. The first-order valence-electron chi connectivity index (χ1n) is 4.13. The number of ketones is 1. The van der Waals surface area contributed by atoms with E-state index in [-0.39, 0.29) is 0 Å². The van der Waals surface area contributed by atoms with Crippen LogP contribution in [0.4, 0.5) is 0 Å². The molecular formula is C9H13Cl3O2. The van der Waals surface area contributed by atoms with Crippen molar-refractivity contribution in [1.82, 2.24) is 0 Å². The molecule has 0 spiro atoms. The lowest BCUT2D eigenvalue weighted by Crippen LogP contribution is -2.17. The largest absolute Gasteiger partial charge is 0.501 e. The molecule has 82 valence electrons. The van der Waals surface area contributed by atoms with Gasteiger partial charge in [0, 0.05) is 12.5 Å². The van der Waals surface area contributed by atoms with Crippen LogP contribution >= 0.6 is 34.8 Å². The molecule has 0 fully saturated rings. The molecule has 0 saturated heterocycles. The van der Waals surface area contributed by atoms with E-state index in [2.05, 4.69) is 0 Å². The Labute approximate surface area is 99.2 Å². The van der Waals surface area contributed by atoms with Crippen molar-refractivity contribution in [3.63, 3.8) is 0 Å². The zero-order chi connectivity index (χ0) is 11.4. The van der Waals surface area contributed by atoms with Gasteiger partial charge in [0.2, 0.25) is 5.78 Å². The second-order valence-electron chi connectivity index (χ2n) is 3.27. The minimum absolute atomic E-state index is 0.379. The lowest BCUT2D eigenvalue weighted by atomic mass is 10.1. The molecule has 0 aliphatic carbocycles. The first-order chi connectivity index (χ1) is 6.27. The fourth-order valence-corrected chi connectivity index (χ4v) is 0.995. The monoisotopic (exact) mass is 258 g/mol. The summed E-state index contributed by atoms with van der Waals surface area (Å²) in [6.07, 6.45) is 1.87. The van der Waals surface area contributed by atoms with Gasteiger partial charge in [0.05, 0.1) is 12.9 Å². The highest BCUT2D eigenvalue weighted by Gasteiger charge is 2.29. The van der Waals surface area contributed by atoms with Gasteiger partial charge in [-0.1, -0.05) is 48.7 Å². The summed E-state index contributed by atoms with van der Waals surface area (Å²) < 4.78 is 3.09. The van der Waals surface area contributed by atoms with E-state index in [1.807, 2.05) is 13.8 Å². The second-order valence-corrected chi connectivity index (χ2v) is 5.56. The Bertz CT molecular complexity index is 229. The van der Waals surface area contributed by atoms with Gasteiger partial charge in [-0.15, -0.1) is 0 Å². The molecule has 0 atom stereocenters. The van der Waals surface area contributed by atoms with Gasteiger partial charge in [-0.25, -0.2) is 0 Å². The van der Waals surface area contributed by atoms with Gasteiger partial charge >= 0.3 is 0 Å². The molecule has 0 radical (unpaired) electrons. The van der Waals surface area contributed by atoms with Crippen molar-refractivity contribution in [2.75, 3.05) is 7.11 Å². The molecule has 5 heteroatoms. The standard InChI is InChI=1S/C9H13Cl3O2/c1-6(2)4-7(14-3)5-8(13)9(10,11)12/h5-6H,4H2,1-3H3/b7-5-. The number of alkyl halides is 3. The number of carbonyl (C=O) groups excluding carboxylic acids is 1. The number of halogens is 3. The molecule has 0 rings (SSSR count). The van der Waals surface area contributed by atoms with Gasteiger partial charge < -0.3 is 4.74 Å². The summed E-state index contributed by atoms with van der Waals surface area (Å²) in [7, 11) is 1.49. The van der Waals surface area contributed by atoms with Gasteiger partial charge in [0.15, 0.2) is 0 Å². The molecule has 0 bridgehead atoms. The number of allylic oxidation sites excluding steroid dienone is 2. The number of carbonyl (C=O) groups is 1. The Morgan fingerprint density at radius 3 is 2.21 bits per heavy atom. The van der Waals surface area contributed by atoms with Crippen LogP contribution in [0.15, 0.2) is 11.8 Å². The maximum absolute atomic E-state index is 11.3. The third-order valence-corrected chi connectivity index (χ3v) is 2.00. The Balaban J connectivity index is 4.52. The zero-order valence-corrected chi connectivity index (χ0v) is 10.6. The summed E-state index contributed by atoms with van der Waals surface area (Å²) >= 11 is 16.2. The molecule has 0 saturated carbocycles. The predicted molar refractivity (Wildman–Crippen MR) is 59.8 cm³/mol. The molecule has 0 aromatic heterocycles. The third kappa shape index (κ3) is 5.74. The maximum Gasteiger partial charge on any atom is 0.252 e. The topological polar surface area (TPSA) is 26.3 Å². The summed E-state index contributed by atoms with van der Waals surface area (Å²) in [5.41, 5.74) is 0. The first kappa shape index (κ1) is 14.1. The Morgan fingerprint density at radius 2 is 1.93 bits per heavy atom. The van der Waals surface area contributed by atoms with Crippen LogP contribution in [0.5, 0.6) is 0 Å². The molecular weight excluding hydrogens is 246 g/mol. The van der Waals surface area contributed by atoms with Crippen LogP contribution in [0.25, 0.3) is 0 Å². The number of hydrogen-bond acceptors (Lipinski definition) is 2. The van der Waals surface area contributed by atoms with Crippen LogP contribution in [0.2, 0.25) is 0 Å². The van der Waals surface area contributed by atoms with Crippen molar-refractivity contribution < 1.29 is 9.53 Å². The van der Waals surface area contributed by atoms with Crippen molar-refractivity contribution in [1.29, 1.82) is 0 Å². The van der Waals surface area contributed by atoms with Gasteiger partial charge in [-0.2, -0.15) is 0 Å². The van der Waals surface area contributed by atoms with E-state index in [1.54, 1.807) is 0 Å². The molecule has 14 heavy (non-hydrogen) atoms. The lowest BCUT2D eigenvalue weighted by Gasteiger charge is -2.10. The highest BCUT2D eigenvalue weighted by atomic mass is 35.6. The number of methoxy groups -OCH3 is 1. The van der Waals surface area contributed by atoms with E-state index in [0.29, 0.717) is 18.1 Å². The fraction of sp³-hybridized carbons (Fsp3) is 0.667. The predicted octanol–water partition coefficient (Wildman–Crippen LogP) is 3.50. The van der Waals surface area contributed by atoms with E-state index in [0.717, 1.165) is 0 Å². The normalized spacial score (nSPS) is 13.2. The van der Waals surface area contributed by atoms with Crippen molar-refractivity contribution >= 4 is 40.6 Å². The molecule has 0 unspecified atom stereocenters. The molecule has 0 aromatic rings. The van der Waals surface area contributed by atoms with E-state index in [4.69, 9.17) is 39.5 Å². The first-order valence-corrected chi connectivity index (χ1v) is 5.26. The van der Waals surface area contributed by atoms with Crippen molar-refractivity contribution in [2.24, 2.45) is 5.92 Å². The minimum atomic E-state index is -1.90. The Morgan fingerprint density at radius 1 is 1.43 bits per heavy atom. The van der Waals surface area contributed by atoms with Crippen LogP contribution in [0, 0.1) is 5.92 Å². The molecule has 0 amide bonds. The van der Waals surface area contributed by atoms with Crippen LogP contribution in [-0.4, -0.2) is 16.7 Å². The van der Waals surface area contributed by atoms with Gasteiger partial charge in [0.25, 0.3) is 3.79 Å². The summed E-state index contributed by atoms with van der Waals surface area (Å²) in [6.45, 7) is 4.01. The quantitative estimate of drug-likeness (QED) is 0.439. The van der Waals surface area contributed by atoms with Crippen molar-refractivity contribution in [2.45, 2.75) is 24.1 Å².